The molecule has 1 aromatic rings. The molecule has 1 saturated carbocycles. The second-order valence-electron chi connectivity index (χ2n) is 7.00. The Morgan fingerprint density at radius 1 is 1.43 bits per heavy atom. The highest BCUT2D eigenvalue weighted by Gasteiger charge is 2.26. The van der Waals surface area contributed by atoms with Crippen LogP contribution in [0, 0.1) is 15.5 Å². The first-order valence-electron chi connectivity index (χ1n) is 7.69. The molecule has 0 radical (unpaired) electrons. The molecule has 0 aromatic heterocycles. The fraction of sp³-hybridized carbons (Fsp3) is 0.562. The van der Waals surface area contributed by atoms with Crippen LogP contribution in [0.25, 0.3) is 0 Å². The highest BCUT2D eigenvalue weighted by Crippen LogP contribution is 2.27. The summed E-state index contributed by atoms with van der Waals surface area (Å²) in [5.41, 5.74) is 0.0626. The van der Waals surface area contributed by atoms with Crippen molar-refractivity contribution in [1.29, 1.82) is 0 Å². The van der Waals surface area contributed by atoms with Gasteiger partial charge in [-0.2, -0.15) is 0 Å². The van der Waals surface area contributed by atoms with Crippen LogP contribution in [0.5, 0.6) is 0 Å². The Balaban J connectivity index is 2.12. The molecule has 1 unspecified atom stereocenters. The SMILES string of the molecule is CC(C)(C)C(O)CNc1ccc(C(=O)NC2CC2)cc1[N+](=O)[O-]. The number of carbonyl (C=O) groups is 1. The summed E-state index contributed by atoms with van der Waals surface area (Å²) in [6, 6.07) is 4.52. The van der Waals surface area contributed by atoms with Gasteiger partial charge in [-0.05, 0) is 30.4 Å². The van der Waals surface area contributed by atoms with Crippen LogP contribution >= 0.6 is 0 Å². The van der Waals surface area contributed by atoms with Crippen molar-refractivity contribution in [2.24, 2.45) is 5.41 Å². The van der Waals surface area contributed by atoms with E-state index in [9.17, 15) is 20.0 Å². The Morgan fingerprint density at radius 3 is 2.61 bits per heavy atom. The number of anilines is 1. The summed E-state index contributed by atoms with van der Waals surface area (Å²) >= 11 is 0. The van der Waals surface area contributed by atoms with Gasteiger partial charge in [0.25, 0.3) is 11.6 Å². The number of aliphatic hydroxyl groups is 1. The van der Waals surface area contributed by atoms with E-state index < -0.39 is 11.0 Å². The number of hydrogen-bond acceptors (Lipinski definition) is 5. The zero-order chi connectivity index (χ0) is 17.2. The lowest BCUT2D eigenvalue weighted by Gasteiger charge is -2.26. The van der Waals surface area contributed by atoms with E-state index in [1.807, 2.05) is 20.8 Å². The van der Waals surface area contributed by atoms with Crippen LogP contribution in [0.15, 0.2) is 18.2 Å². The third-order valence-corrected chi connectivity index (χ3v) is 3.85. The minimum absolute atomic E-state index is 0.172. The predicted octanol–water partition coefficient (Wildman–Crippen LogP) is 2.31. The normalized spacial score (nSPS) is 15.8. The quantitative estimate of drug-likeness (QED) is 0.551. The molecule has 23 heavy (non-hydrogen) atoms. The van der Waals surface area contributed by atoms with Crippen molar-refractivity contribution in [3.8, 4) is 0 Å². The van der Waals surface area contributed by atoms with Crippen LogP contribution in [-0.4, -0.2) is 34.6 Å². The number of carbonyl (C=O) groups excluding carboxylic acids is 1. The van der Waals surface area contributed by atoms with Crippen LogP contribution < -0.4 is 10.6 Å². The van der Waals surface area contributed by atoms with Gasteiger partial charge < -0.3 is 15.7 Å². The van der Waals surface area contributed by atoms with Crippen molar-refractivity contribution < 1.29 is 14.8 Å². The van der Waals surface area contributed by atoms with E-state index in [0.717, 1.165) is 12.8 Å². The predicted molar refractivity (Wildman–Crippen MR) is 87.5 cm³/mol. The van der Waals surface area contributed by atoms with Gasteiger partial charge in [-0.15, -0.1) is 0 Å². The van der Waals surface area contributed by atoms with Gasteiger partial charge in [0.15, 0.2) is 0 Å². The monoisotopic (exact) mass is 321 g/mol. The summed E-state index contributed by atoms with van der Waals surface area (Å²) in [6.07, 6.45) is 1.26. The highest BCUT2D eigenvalue weighted by atomic mass is 16.6. The minimum atomic E-state index is -0.653. The molecule has 3 N–H and O–H groups in total. The Kier molecular flexibility index (Phi) is 4.89. The number of nitro groups is 1. The molecule has 2 rings (SSSR count). The van der Waals surface area contributed by atoms with Gasteiger partial charge in [-0.25, -0.2) is 0 Å². The highest BCUT2D eigenvalue weighted by molar-refractivity contribution is 5.96. The molecule has 1 aromatic carbocycles. The average molecular weight is 321 g/mol. The summed E-state index contributed by atoms with van der Waals surface area (Å²) in [4.78, 5) is 22.7. The number of benzene rings is 1. The lowest BCUT2D eigenvalue weighted by atomic mass is 9.89. The maximum absolute atomic E-state index is 12.0. The number of aliphatic hydroxyl groups excluding tert-OH is 1. The third kappa shape index (κ3) is 4.66. The van der Waals surface area contributed by atoms with E-state index in [4.69, 9.17) is 0 Å². The molecule has 1 aliphatic carbocycles. The fourth-order valence-corrected chi connectivity index (χ4v) is 1.98. The standard InChI is InChI=1S/C16H23N3O4/c1-16(2,3)14(20)9-17-12-7-4-10(8-13(12)19(22)23)15(21)18-11-5-6-11/h4,7-8,11,14,17,20H,5-6,9H2,1-3H3,(H,18,21). The summed E-state index contributed by atoms with van der Waals surface area (Å²) in [6.45, 7) is 5.86. The van der Waals surface area contributed by atoms with Crippen LogP contribution in [0.2, 0.25) is 0 Å². The molecule has 0 spiro atoms. The number of rotatable bonds is 6. The van der Waals surface area contributed by atoms with Gasteiger partial charge in [-0.3, -0.25) is 14.9 Å². The second kappa shape index (κ2) is 6.54. The maximum atomic E-state index is 12.0. The smallest absolute Gasteiger partial charge is 0.293 e. The first-order valence-corrected chi connectivity index (χ1v) is 7.69. The van der Waals surface area contributed by atoms with Crippen LogP contribution in [0.4, 0.5) is 11.4 Å². The first-order chi connectivity index (χ1) is 10.7. The number of nitrogens with zero attached hydrogens (tertiary/aromatic N) is 1. The molecule has 1 atom stereocenters. The largest absolute Gasteiger partial charge is 0.391 e. The lowest BCUT2D eigenvalue weighted by Crippen LogP contribution is -2.33. The van der Waals surface area contributed by atoms with Crippen molar-refractivity contribution in [1.82, 2.24) is 5.32 Å². The van der Waals surface area contributed by atoms with Crippen molar-refractivity contribution >= 4 is 17.3 Å². The molecular formula is C16H23N3O4. The fourth-order valence-electron chi connectivity index (χ4n) is 1.98. The Bertz CT molecular complexity index is 606. The van der Waals surface area contributed by atoms with Gasteiger partial charge >= 0.3 is 0 Å². The molecule has 0 saturated heterocycles. The third-order valence-electron chi connectivity index (χ3n) is 3.85. The summed E-state index contributed by atoms with van der Waals surface area (Å²) in [7, 11) is 0. The van der Waals surface area contributed by atoms with Gasteiger partial charge in [-0.1, -0.05) is 20.8 Å². The maximum Gasteiger partial charge on any atom is 0.293 e. The topological polar surface area (TPSA) is 104 Å². The van der Waals surface area contributed by atoms with E-state index >= 15 is 0 Å². The summed E-state index contributed by atoms with van der Waals surface area (Å²) in [5.74, 6) is -0.295. The molecule has 1 aliphatic rings. The van der Waals surface area contributed by atoms with Gasteiger partial charge in [0, 0.05) is 24.2 Å². The van der Waals surface area contributed by atoms with E-state index in [-0.39, 0.29) is 35.2 Å². The van der Waals surface area contributed by atoms with Crippen molar-refractivity contribution in [3.63, 3.8) is 0 Å². The second-order valence-corrected chi connectivity index (χ2v) is 7.00. The molecule has 0 heterocycles. The number of nitro benzene ring substituents is 1. The van der Waals surface area contributed by atoms with E-state index in [1.54, 1.807) is 6.07 Å². The summed E-state index contributed by atoms with van der Waals surface area (Å²) < 4.78 is 0. The molecule has 126 valence electrons. The van der Waals surface area contributed by atoms with Crippen LogP contribution in [0.3, 0.4) is 0 Å². The summed E-state index contributed by atoms with van der Waals surface area (Å²) in [5, 5.41) is 27.0. The lowest BCUT2D eigenvalue weighted by molar-refractivity contribution is -0.384. The zero-order valence-electron chi connectivity index (χ0n) is 13.6. The van der Waals surface area contributed by atoms with Crippen LogP contribution in [-0.2, 0) is 0 Å². The number of amides is 1. The van der Waals surface area contributed by atoms with Gasteiger partial charge in [0.2, 0.25) is 0 Å². The first kappa shape index (κ1) is 17.2. The number of nitrogens with one attached hydrogen (secondary N) is 2. The molecule has 7 heteroatoms. The van der Waals surface area contributed by atoms with E-state index in [2.05, 4.69) is 10.6 Å². The van der Waals surface area contributed by atoms with E-state index in [1.165, 1.54) is 12.1 Å². The van der Waals surface area contributed by atoms with Crippen molar-refractivity contribution in [2.45, 2.75) is 45.8 Å². The van der Waals surface area contributed by atoms with Crippen molar-refractivity contribution in [3.05, 3.63) is 33.9 Å². The number of hydrogen-bond donors (Lipinski definition) is 3. The van der Waals surface area contributed by atoms with Crippen molar-refractivity contribution in [2.75, 3.05) is 11.9 Å². The molecule has 1 fully saturated rings. The molecule has 0 bridgehead atoms. The minimum Gasteiger partial charge on any atom is -0.391 e. The van der Waals surface area contributed by atoms with Gasteiger partial charge in [0.05, 0.1) is 11.0 Å². The molecule has 7 nitrogen and oxygen atoms in total. The molecular weight excluding hydrogens is 298 g/mol. The Hall–Kier alpha value is -2.15. The Morgan fingerprint density at radius 2 is 2.09 bits per heavy atom. The average Bonchev–Trinajstić information content (AvgIpc) is 3.27. The van der Waals surface area contributed by atoms with Crippen LogP contribution in [0.1, 0.15) is 44.0 Å². The Labute approximate surface area is 135 Å². The molecule has 0 aliphatic heterocycles. The van der Waals surface area contributed by atoms with Gasteiger partial charge in [0.1, 0.15) is 5.69 Å². The van der Waals surface area contributed by atoms with E-state index in [0.29, 0.717) is 5.69 Å². The molecule has 1 amide bonds. The zero-order valence-corrected chi connectivity index (χ0v) is 13.6.